The topological polar surface area (TPSA) is 207 Å². The largest absolute Gasteiger partial charge is 0.465 e. The standard InChI is InChI=1S/C40H52N4O12S/c1-31-37(44-39(56-31)35-10-8-34(9-11-35)38(45)43-29-33-4-2-14-41-28-33)30-57(48,49)36-12-6-32(7-13-36)5-3-16-50-18-20-52-22-24-54-26-27-55-25-23-53-21-19-51-17-15-42-40(46)47/h2,4,6-14,28,42H,3,5,15-27,29-30H2,1H3,(H,43,45)(H,46,47). The Morgan fingerprint density at radius 3 is 1.86 bits per heavy atom. The van der Waals surface area contributed by atoms with Crippen LogP contribution in [0.25, 0.3) is 11.5 Å². The summed E-state index contributed by atoms with van der Waals surface area (Å²) < 4.78 is 65.0. The van der Waals surface area contributed by atoms with Crippen molar-refractivity contribution in [3.05, 3.63) is 101 Å². The number of hydrogen-bond acceptors (Lipinski definition) is 13. The van der Waals surface area contributed by atoms with Crippen LogP contribution in [0.1, 0.15) is 39.4 Å². The monoisotopic (exact) mass is 812 g/mol. The molecule has 2 heterocycles. The lowest BCUT2D eigenvalue weighted by Crippen LogP contribution is -2.25. The van der Waals surface area contributed by atoms with E-state index in [9.17, 15) is 18.0 Å². The van der Waals surface area contributed by atoms with Crippen molar-refractivity contribution in [2.75, 3.05) is 85.8 Å². The number of rotatable bonds is 29. The summed E-state index contributed by atoms with van der Waals surface area (Å²) in [6.45, 7) is 7.50. The summed E-state index contributed by atoms with van der Waals surface area (Å²) in [6.07, 6.45) is 3.81. The fraction of sp³-hybridized carbons (Fsp3) is 0.450. The molecule has 0 saturated carbocycles. The van der Waals surface area contributed by atoms with Gasteiger partial charge in [0.2, 0.25) is 5.89 Å². The van der Waals surface area contributed by atoms with Crippen molar-refractivity contribution in [1.82, 2.24) is 20.6 Å². The smallest absolute Gasteiger partial charge is 0.404 e. The van der Waals surface area contributed by atoms with Gasteiger partial charge in [0.15, 0.2) is 9.84 Å². The van der Waals surface area contributed by atoms with Crippen LogP contribution >= 0.6 is 0 Å². The minimum atomic E-state index is -3.68. The molecule has 0 saturated heterocycles. The second-order valence-corrected chi connectivity index (χ2v) is 14.5. The number of ether oxygens (including phenoxy) is 6. The molecule has 4 aromatic rings. The Balaban J connectivity index is 1.02. The Morgan fingerprint density at radius 2 is 1.30 bits per heavy atom. The first-order valence-electron chi connectivity index (χ1n) is 18.7. The van der Waals surface area contributed by atoms with Crippen molar-refractivity contribution in [3.8, 4) is 11.5 Å². The maximum atomic E-state index is 13.3. The van der Waals surface area contributed by atoms with Crippen LogP contribution in [0.2, 0.25) is 0 Å². The van der Waals surface area contributed by atoms with Crippen LogP contribution < -0.4 is 10.6 Å². The highest BCUT2D eigenvalue weighted by atomic mass is 32.2. The first-order chi connectivity index (χ1) is 27.7. The van der Waals surface area contributed by atoms with Gasteiger partial charge in [-0.3, -0.25) is 9.78 Å². The maximum Gasteiger partial charge on any atom is 0.404 e. The number of oxazole rings is 1. The van der Waals surface area contributed by atoms with E-state index in [1.165, 1.54) is 0 Å². The van der Waals surface area contributed by atoms with Crippen molar-refractivity contribution in [2.24, 2.45) is 0 Å². The molecule has 4 rings (SSSR count). The third kappa shape index (κ3) is 17.5. The lowest BCUT2D eigenvalue weighted by atomic mass is 10.1. The number of carboxylic acid groups (broad SMARTS) is 1. The Hall–Kier alpha value is -4.75. The van der Waals surface area contributed by atoms with Crippen molar-refractivity contribution in [1.29, 1.82) is 0 Å². The van der Waals surface area contributed by atoms with Gasteiger partial charge in [-0.2, -0.15) is 0 Å². The summed E-state index contributed by atoms with van der Waals surface area (Å²) in [6, 6.07) is 17.3. The van der Waals surface area contributed by atoms with Crippen molar-refractivity contribution in [3.63, 3.8) is 0 Å². The van der Waals surface area contributed by atoms with E-state index in [0.717, 1.165) is 24.0 Å². The van der Waals surface area contributed by atoms with Gasteiger partial charge in [-0.15, -0.1) is 0 Å². The van der Waals surface area contributed by atoms with E-state index in [2.05, 4.69) is 20.6 Å². The molecule has 2 aromatic heterocycles. The molecule has 0 unspecified atom stereocenters. The SMILES string of the molecule is Cc1oc(-c2ccc(C(=O)NCc3cccnc3)cc2)nc1CS(=O)(=O)c1ccc(CCCOCCOCCOCCOCCOCCOCCNC(=O)O)cc1. The number of aromatic nitrogens is 2. The number of pyridine rings is 1. The normalized spacial score (nSPS) is 11.5. The third-order valence-corrected chi connectivity index (χ3v) is 9.85. The molecule has 2 amide bonds. The Kier molecular flexibility index (Phi) is 20.1. The summed E-state index contributed by atoms with van der Waals surface area (Å²) in [5.74, 6) is 0.157. The zero-order valence-electron chi connectivity index (χ0n) is 32.2. The van der Waals surface area contributed by atoms with E-state index < -0.39 is 15.9 Å². The molecule has 57 heavy (non-hydrogen) atoms. The molecule has 0 fully saturated rings. The van der Waals surface area contributed by atoms with Gasteiger partial charge in [-0.1, -0.05) is 18.2 Å². The fourth-order valence-electron chi connectivity index (χ4n) is 5.17. The van der Waals surface area contributed by atoms with Crippen LogP contribution in [0.3, 0.4) is 0 Å². The zero-order valence-corrected chi connectivity index (χ0v) is 33.0. The second kappa shape index (κ2) is 25.5. The molecule has 0 spiro atoms. The number of nitrogens with one attached hydrogen (secondary N) is 2. The first kappa shape index (κ1) is 45.0. The number of carbonyl (C=O) groups excluding carboxylic acids is 1. The summed E-state index contributed by atoms with van der Waals surface area (Å²) >= 11 is 0. The number of carbonyl (C=O) groups is 2. The minimum Gasteiger partial charge on any atom is -0.465 e. The average Bonchev–Trinajstić information content (AvgIpc) is 3.57. The van der Waals surface area contributed by atoms with E-state index in [0.29, 0.717) is 108 Å². The van der Waals surface area contributed by atoms with Crippen LogP contribution in [0.5, 0.6) is 0 Å². The summed E-state index contributed by atoms with van der Waals surface area (Å²) in [7, 11) is -3.68. The predicted molar refractivity (Wildman–Crippen MR) is 209 cm³/mol. The van der Waals surface area contributed by atoms with Crippen LogP contribution in [0, 0.1) is 6.92 Å². The van der Waals surface area contributed by atoms with Gasteiger partial charge in [0.05, 0.1) is 83.3 Å². The molecule has 310 valence electrons. The number of benzene rings is 2. The number of nitrogens with zero attached hydrogens (tertiary/aromatic N) is 2. The van der Waals surface area contributed by atoms with Crippen LogP contribution in [0.4, 0.5) is 4.79 Å². The van der Waals surface area contributed by atoms with Gasteiger partial charge < -0.3 is 48.6 Å². The van der Waals surface area contributed by atoms with Gasteiger partial charge in [0, 0.05) is 43.2 Å². The molecular weight excluding hydrogens is 761 g/mol. The highest BCUT2D eigenvalue weighted by molar-refractivity contribution is 7.90. The third-order valence-electron chi connectivity index (χ3n) is 8.21. The van der Waals surface area contributed by atoms with Crippen LogP contribution in [0.15, 0.2) is 82.4 Å². The van der Waals surface area contributed by atoms with Gasteiger partial charge in [-0.05, 0) is 73.4 Å². The molecular formula is C40H52N4O12S. The fourth-order valence-corrected chi connectivity index (χ4v) is 6.52. The first-order valence-corrected chi connectivity index (χ1v) is 20.4. The predicted octanol–water partition coefficient (Wildman–Crippen LogP) is 4.25. The second-order valence-electron chi connectivity index (χ2n) is 12.6. The molecule has 0 atom stereocenters. The van der Waals surface area contributed by atoms with Gasteiger partial charge in [-0.25, -0.2) is 18.2 Å². The Morgan fingerprint density at radius 1 is 0.719 bits per heavy atom. The van der Waals surface area contributed by atoms with E-state index in [1.807, 2.05) is 24.3 Å². The zero-order chi connectivity index (χ0) is 40.6. The van der Waals surface area contributed by atoms with Crippen LogP contribution in [-0.2, 0) is 57.0 Å². The van der Waals surface area contributed by atoms with Crippen LogP contribution in [-0.4, -0.2) is 121 Å². The van der Waals surface area contributed by atoms with E-state index in [4.69, 9.17) is 37.9 Å². The Bertz CT molecular complexity index is 1860. The lowest BCUT2D eigenvalue weighted by Gasteiger charge is -2.08. The van der Waals surface area contributed by atoms with Gasteiger partial charge >= 0.3 is 6.09 Å². The lowest BCUT2D eigenvalue weighted by molar-refractivity contribution is -0.0166. The van der Waals surface area contributed by atoms with Crippen molar-refractivity contribution < 1.29 is 56.0 Å². The van der Waals surface area contributed by atoms with Crippen molar-refractivity contribution >= 4 is 21.8 Å². The molecule has 0 bridgehead atoms. The van der Waals surface area contributed by atoms with E-state index >= 15 is 0 Å². The van der Waals surface area contributed by atoms with Crippen molar-refractivity contribution in [2.45, 2.75) is 37.0 Å². The molecule has 2 aromatic carbocycles. The van der Waals surface area contributed by atoms with E-state index in [1.54, 1.807) is 55.7 Å². The average molecular weight is 813 g/mol. The summed E-state index contributed by atoms with van der Waals surface area (Å²) in [4.78, 5) is 31.6. The van der Waals surface area contributed by atoms with Gasteiger partial charge in [0.25, 0.3) is 5.91 Å². The number of sulfone groups is 1. The molecule has 0 aliphatic heterocycles. The molecule has 17 heteroatoms. The van der Waals surface area contributed by atoms with E-state index in [-0.39, 0.29) is 29.0 Å². The molecule has 0 aliphatic rings. The quantitative estimate of drug-likeness (QED) is 0.0656. The summed E-state index contributed by atoms with van der Waals surface area (Å²) in [5, 5.41) is 13.5. The van der Waals surface area contributed by atoms with Gasteiger partial charge in [0.1, 0.15) is 11.5 Å². The highest BCUT2D eigenvalue weighted by Gasteiger charge is 2.21. The summed E-state index contributed by atoms with van der Waals surface area (Å²) in [5.41, 5.74) is 3.33. The molecule has 0 aliphatic carbocycles. The molecule has 3 N–H and O–H groups in total. The maximum absolute atomic E-state index is 13.3. The number of hydrogen-bond donors (Lipinski definition) is 3. The molecule has 16 nitrogen and oxygen atoms in total. The number of aryl methyl sites for hydroxylation is 2. The highest BCUT2D eigenvalue weighted by Crippen LogP contribution is 2.25. The number of amides is 2. The Labute approximate surface area is 333 Å². The minimum absolute atomic E-state index is 0.205. The molecule has 0 radical (unpaired) electrons.